The minimum atomic E-state index is -0.176. The zero-order valence-electron chi connectivity index (χ0n) is 12.3. The second kappa shape index (κ2) is 7.24. The van der Waals surface area contributed by atoms with Crippen LogP contribution in [0.5, 0.6) is 0 Å². The monoisotopic (exact) mass is 281 g/mol. The van der Waals surface area contributed by atoms with E-state index in [2.05, 4.69) is 15.8 Å². The SMILES string of the molecule is CC(=NNC(=O)CNc1ccccc1)c1ccc(C)cc1. The highest BCUT2D eigenvalue weighted by atomic mass is 16.2. The van der Waals surface area contributed by atoms with Crippen LogP contribution in [0.25, 0.3) is 0 Å². The number of hydrogen-bond acceptors (Lipinski definition) is 3. The molecule has 2 aromatic carbocycles. The first kappa shape index (κ1) is 14.8. The van der Waals surface area contributed by atoms with Gasteiger partial charge in [-0.25, -0.2) is 5.43 Å². The topological polar surface area (TPSA) is 53.5 Å². The Kier molecular flexibility index (Phi) is 5.10. The number of carbonyl (C=O) groups excluding carboxylic acids is 1. The highest BCUT2D eigenvalue weighted by molar-refractivity contribution is 5.99. The lowest BCUT2D eigenvalue weighted by atomic mass is 10.1. The Morgan fingerprint density at radius 3 is 2.38 bits per heavy atom. The average Bonchev–Trinajstić information content (AvgIpc) is 2.52. The van der Waals surface area contributed by atoms with E-state index in [9.17, 15) is 4.79 Å². The molecule has 2 rings (SSSR count). The third-order valence-corrected chi connectivity index (χ3v) is 3.04. The number of para-hydroxylation sites is 1. The van der Waals surface area contributed by atoms with E-state index in [4.69, 9.17) is 0 Å². The largest absolute Gasteiger partial charge is 0.376 e. The molecule has 0 aromatic heterocycles. The molecular weight excluding hydrogens is 262 g/mol. The molecule has 0 aliphatic heterocycles. The summed E-state index contributed by atoms with van der Waals surface area (Å²) in [5.74, 6) is -0.176. The molecule has 21 heavy (non-hydrogen) atoms. The van der Waals surface area contributed by atoms with E-state index >= 15 is 0 Å². The van der Waals surface area contributed by atoms with Gasteiger partial charge in [-0.1, -0.05) is 48.0 Å². The number of hydrazone groups is 1. The number of amides is 1. The van der Waals surface area contributed by atoms with Crippen molar-refractivity contribution in [2.75, 3.05) is 11.9 Å². The van der Waals surface area contributed by atoms with Gasteiger partial charge in [0.2, 0.25) is 0 Å². The number of aryl methyl sites for hydroxylation is 1. The number of rotatable bonds is 5. The number of hydrogen-bond donors (Lipinski definition) is 2. The van der Waals surface area contributed by atoms with Gasteiger partial charge in [-0.15, -0.1) is 0 Å². The van der Waals surface area contributed by atoms with Gasteiger partial charge in [0.05, 0.1) is 12.3 Å². The molecule has 4 heteroatoms. The van der Waals surface area contributed by atoms with Gasteiger partial charge >= 0.3 is 0 Å². The van der Waals surface area contributed by atoms with Crippen LogP contribution in [0.2, 0.25) is 0 Å². The molecule has 4 nitrogen and oxygen atoms in total. The first-order valence-corrected chi connectivity index (χ1v) is 6.84. The van der Waals surface area contributed by atoms with E-state index in [0.29, 0.717) is 0 Å². The van der Waals surface area contributed by atoms with Crippen LogP contribution in [0.1, 0.15) is 18.1 Å². The first-order valence-electron chi connectivity index (χ1n) is 6.84. The number of carbonyl (C=O) groups is 1. The van der Waals surface area contributed by atoms with Crippen LogP contribution in [0, 0.1) is 6.92 Å². The molecule has 0 aliphatic carbocycles. The van der Waals surface area contributed by atoms with E-state index in [1.54, 1.807) is 0 Å². The van der Waals surface area contributed by atoms with Crippen molar-refractivity contribution in [3.05, 3.63) is 65.7 Å². The van der Waals surface area contributed by atoms with Gasteiger partial charge in [-0.2, -0.15) is 5.10 Å². The van der Waals surface area contributed by atoms with Gasteiger partial charge in [0.1, 0.15) is 0 Å². The standard InChI is InChI=1S/C17H19N3O/c1-13-8-10-15(11-9-13)14(2)19-20-17(21)12-18-16-6-4-3-5-7-16/h3-11,18H,12H2,1-2H3,(H,20,21). The fraction of sp³-hybridized carbons (Fsp3) is 0.176. The van der Waals surface area contributed by atoms with Crippen LogP contribution >= 0.6 is 0 Å². The third-order valence-electron chi connectivity index (χ3n) is 3.04. The lowest BCUT2D eigenvalue weighted by Gasteiger charge is -2.06. The fourth-order valence-corrected chi connectivity index (χ4v) is 1.78. The Balaban J connectivity index is 1.85. The highest BCUT2D eigenvalue weighted by Crippen LogP contribution is 2.05. The summed E-state index contributed by atoms with van der Waals surface area (Å²) in [6, 6.07) is 17.6. The Hall–Kier alpha value is -2.62. The van der Waals surface area contributed by atoms with Gasteiger partial charge in [0.15, 0.2) is 0 Å². The second-order valence-corrected chi connectivity index (χ2v) is 4.82. The Morgan fingerprint density at radius 2 is 1.71 bits per heavy atom. The quantitative estimate of drug-likeness (QED) is 0.654. The van der Waals surface area contributed by atoms with Gasteiger partial charge in [-0.3, -0.25) is 4.79 Å². The number of nitrogens with one attached hydrogen (secondary N) is 2. The van der Waals surface area contributed by atoms with E-state index < -0.39 is 0 Å². The van der Waals surface area contributed by atoms with Gasteiger partial charge in [0.25, 0.3) is 5.91 Å². The predicted molar refractivity (Wildman–Crippen MR) is 86.5 cm³/mol. The average molecular weight is 281 g/mol. The molecule has 0 aliphatic rings. The molecule has 2 N–H and O–H groups in total. The lowest BCUT2D eigenvalue weighted by Crippen LogP contribution is -2.26. The number of benzene rings is 2. The molecule has 0 radical (unpaired) electrons. The third kappa shape index (κ3) is 4.76. The second-order valence-electron chi connectivity index (χ2n) is 4.82. The Labute approximate surface area is 124 Å². The van der Waals surface area contributed by atoms with E-state index in [1.165, 1.54) is 5.56 Å². The van der Waals surface area contributed by atoms with Crippen molar-refractivity contribution in [2.24, 2.45) is 5.10 Å². The van der Waals surface area contributed by atoms with Crippen LogP contribution in [0.3, 0.4) is 0 Å². The molecule has 0 atom stereocenters. The van der Waals surface area contributed by atoms with Crippen molar-refractivity contribution in [1.82, 2.24) is 5.43 Å². The van der Waals surface area contributed by atoms with Crippen molar-refractivity contribution in [3.63, 3.8) is 0 Å². The van der Waals surface area contributed by atoms with Crippen molar-refractivity contribution >= 4 is 17.3 Å². The van der Waals surface area contributed by atoms with E-state index in [-0.39, 0.29) is 12.5 Å². The summed E-state index contributed by atoms with van der Waals surface area (Å²) >= 11 is 0. The smallest absolute Gasteiger partial charge is 0.259 e. The molecular formula is C17H19N3O. The molecule has 108 valence electrons. The maximum absolute atomic E-state index is 11.7. The van der Waals surface area contributed by atoms with E-state index in [1.807, 2.05) is 68.4 Å². The van der Waals surface area contributed by atoms with Crippen molar-refractivity contribution in [2.45, 2.75) is 13.8 Å². The summed E-state index contributed by atoms with van der Waals surface area (Å²) in [5, 5.41) is 7.15. The van der Waals surface area contributed by atoms with Crippen molar-refractivity contribution in [3.8, 4) is 0 Å². The van der Waals surface area contributed by atoms with Crippen LogP contribution in [-0.2, 0) is 4.79 Å². The molecule has 0 heterocycles. The van der Waals surface area contributed by atoms with Crippen molar-refractivity contribution < 1.29 is 4.79 Å². The molecule has 0 fully saturated rings. The zero-order valence-corrected chi connectivity index (χ0v) is 12.3. The van der Waals surface area contributed by atoms with Crippen LogP contribution < -0.4 is 10.7 Å². The molecule has 0 saturated carbocycles. The Morgan fingerprint density at radius 1 is 1.05 bits per heavy atom. The van der Waals surface area contributed by atoms with Gasteiger partial charge in [-0.05, 0) is 31.5 Å². The molecule has 0 unspecified atom stereocenters. The zero-order chi connectivity index (χ0) is 15.1. The molecule has 1 amide bonds. The number of nitrogens with zero attached hydrogens (tertiary/aromatic N) is 1. The summed E-state index contributed by atoms with van der Waals surface area (Å²) in [6.45, 7) is 4.09. The van der Waals surface area contributed by atoms with Gasteiger partial charge in [0, 0.05) is 5.69 Å². The van der Waals surface area contributed by atoms with E-state index in [0.717, 1.165) is 17.0 Å². The van der Waals surface area contributed by atoms with Gasteiger partial charge < -0.3 is 5.32 Å². The molecule has 0 bridgehead atoms. The minimum Gasteiger partial charge on any atom is -0.376 e. The Bertz CT molecular complexity index is 618. The normalized spacial score (nSPS) is 11.0. The summed E-state index contributed by atoms with van der Waals surface area (Å²) in [5.41, 5.74) is 6.44. The van der Waals surface area contributed by atoms with Crippen LogP contribution in [0.4, 0.5) is 5.69 Å². The van der Waals surface area contributed by atoms with Crippen molar-refractivity contribution in [1.29, 1.82) is 0 Å². The predicted octanol–water partition coefficient (Wildman–Crippen LogP) is 2.95. The lowest BCUT2D eigenvalue weighted by molar-refractivity contribution is -0.119. The maximum atomic E-state index is 11.7. The fourth-order valence-electron chi connectivity index (χ4n) is 1.78. The maximum Gasteiger partial charge on any atom is 0.259 e. The number of anilines is 1. The highest BCUT2D eigenvalue weighted by Gasteiger charge is 2.01. The molecule has 0 saturated heterocycles. The summed E-state index contributed by atoms with van der Waals surface area (Å²) in [7, 11) is 0. The summed E-state index contributed by atoms with van der Waals surface area (Å²) in [4.78, 5) is 11.7. The van der Waals surface area contributed by atoms with Crippen LogP contribution in [-0.4, -0.2) is 18.2 Å². The van der Waals surface area contributed by atoms with Crippen LogP contribution in [0.15, 0.2) is 59.7 Å². The summed E-state index contributed by atoms with van der Waals surface area (Å²) < 4.78 is 0. The summed E-state index contributed by atoms with van der Waals surface area (Å²) in [6.07, 6.45) is 0. The first-order chi connectivity index (χ1) is 10.1. The molecule has 0 spiro atoms. The minimum absolute atomic E-state index is 0.176. The molecule has 2 aromatic rings.